The van der Waals surface area contributed by atoms with Gasteiger partial charge < -0.3 is 0 Å². The molecule has 0 rings (SSSR count). The molecule has 2 N–H and O–H groups in total. The van der Waals surface area contributed by atoms with Crippen molar-refractivity contribution in [2.24, 2.45) is 10.7 Å². The van der Waals surface area contributed by atoms with Crippen molar-refractivity contribution in [3.63, 3.8) is 0 Å². The summed E-state index contributed by atoms with van der Waals surface area (Å²) in [6.45, 7) is 5.90. The minimum absolute atomic E-state index is 0.143. The van der Waals surface area contributed by atoms with E-state index in [1.165, 1.54) is 0 Å². The first-order chi connectivity index (χ1) is 5.22. The van der Waals surface area contributed by atoms with Gasteiger partial charge in [-0.05, 0) is 0 Å². The molecule has 3 nitrogen and oxygen atoms in total. The van der Waals surface area contributed by atoms with E-state index in [4.69, 9.17) is 5.73 Å². The van der Waals surface area contributed by atoms with Gasteiger partial charge in [0, 0.05) is 0 Å². The fourth-order valence-corrected chi connectivity index (χ4v) is 3.50. The van der Waals surface area contributed by atoms with Crippen LogP contribution in [0.15, 0.2) is 15.2 Å². The summed E-state index contributed by atoms with van der Waals surface area (Å²) in [7, 11) is 0. The maximum atomic E-state index is 10.8. The summed E-state index contributed by atoms with van der Waals surface area (Å²) in [4.78, 5) is 14.5. The fourth-order valence-electron chi connectivity index (χ4n) is 0.521. The number of halogens is 1. The molecule has 0 spiro atoms. The fraction of sp³-hybridized carbons (Fsp3) is 0.429. The van der Waals surface area contributed by atoms with Crippen molar-refractivity contribution in [1.82, 2.24) is 0 Å². The first-order valence-corrected chi connectivity index (χ1v) is 7.06. The summed E-state index contributed by atoms with van der Waals surface area (Å²) in [5.74, 6) is 0. The number of carbonyl (C=O) groups excluding carboxylic acids is 1. The van der Waals surface area contributed by atoms with Gasteiger partial charge >= 0.3 is 74.0 Å². The standard InChI is InChI=1S/C7H13IN2O/c1-3-4-8(7(9)11)5-6-10-2/h3-4H,2,5-6H2,1H3,(H2,9,11)/b4-3-. The Labute approximate surface area is 74.1 Å². The van der Waals surface area contributed by atoms with Gasteiger partial charge in [-0.15, -0.1) is 0 Å². The molecule has 0 aromatic heterocycles. The van der Waals surface area contributed by atoms with Gasteiger partial charge in [0.2, 0.25) is 0 Å². The third kappa shape index (κ3) is 4.94. The first kappa shape index (κ1) is 10.6. The van der Waals surface area contributed by atoms with Gasteiger partial charge in [-0.25, -0.2) is 0 Å². The Morgan fingerprint density at radius 1 is 1.82 bits per heavy atom. The summed E-state index contributed by atoms with van der Waals surface area (Å²) in [5.41, 5.74) is 5.18. The minimum atomic E-state index is -1.67. The zero-order chi connectivity index (χ0) is 8.69. The second kappa shape index (κ2) is 6.33. The van der Waals surface area contributed by atoms with Crippen molar-refractivity contribution in [3.8, 4) is 0 Å². The molecule has 64 valence electrons. The van der Waals surface area contributed by atoms with Crippen LogP contribution in [0.4, 0.5) is 4.79 Å². The van der Waals surface area contributed by atoms with E-state index in [2.05, 4.69) is 11.7 Å². The normalized spacial score (nSPS) is 11.5. The molecule has 0 aliphatic rings. The van der Waals surface area contributed by atoms with Crippen LogP contribution in [0.2, 0.25) is 0 Å². The van der Waals surface area contributed by atoms with Crippen molar-refractivity contribution in [3.05, 3.63) is 10.2 Å². The molecule has 0 heterocycles. The van der Waals surface area contributed by atoms with Gasteiger partial charge in [-0.2, -0.15) is 0 Å². The van der Waals surface area contributed by atoms with Crippen LogP contribution in [-0.4, -0.2) is 21.6 Å². The van der Waals surface area contributed by atoms with E-state index >= 15 is 0 Å². The molecular weight excluding hydrogens is 255 g/mol. The van der Waals surface area contributed by atoms with Crippen LogP contribution in [0.5, 0.6) is 0 Å². The van der Waals surface area contributed by atoms with E-state index < -0.39 is 19.8 Å². The molecular formula is C7H13IN2O. The number of allylic oxidation sites excluding steroid dienone is 1. The molecule has 0 aliphatic carbocycles. The molecule has 0 saturated carbocycles. The van der Waals surface area contributed by atoms with Crippen molar-refractivity contribution in [2.75, 3.05) is 11.0 Å². The average molecular weight is 268 g/mol. The number of alkyl halides is 1. The molecule has 0 fully saturated rings. The number of primary amides is 1. The number of nitrogens with zero attached hydrogens (tertiary/aromatic N) is 1. The molecule has 0 atom stereocenters. The number of hydrogen-bond acceptors (Lipinski definition) is 2. The maximum absolute atomic E-state index is 10.8. The second-order valence-corrected chi connectivity index (χ2v) is 6.92. The molecule has 0 aromatic rings. The van der Waals surface area contributed by atoms with E-state index in [-0.39, 0.29) is 3.91 Å². The van der Waals surface area contributed by atoms with E-state index in [0.717, 1.165) is 4.43 Å². The molecule has 1 amide bonds. The topological polar surface area (TPSA) is 55.4 Å². The van der Waals surface area contributed by atoms with Crippen LogP contribution in [0, 0.1) is 0 Å². The summed E-state index contributed by atoms with van der Waals surface area (Å²) < 4.78 is 2.61. The van der Waals surface area contributed by atoms with Crippen molar-refractivity contribution in [2.45, 2.75) is 6.92 Å². The van der Waals surface area contributed by atoms with Crippen molar-refractivity contribution >= 4 is 30.5 Å². The quantitative estimate of drug-likeness (QED) is 0.267. The number of hydrogen-bond donors (Lipinski definition) is 1. The predicted octanol–water partition coefficient (Wildman–Crippen LogP) is 1.81. The Kier molecular flexibility index (Phi) is 6.10. The Morgan fingerprint density at radius 2 is 2.45 bits per heavy atom. The first-order valence-electron chi connectivity index (χ1n) is 3.21. The Morgan fingerprint density at radius 3 is 2.82 bits per heavy atom. The van der Waals surface area contributed by atoms with Gasteiger partial charge in [0.25, 0.3) is 0 Å². The van der Waals surface area contributed by atoms with E-state index in [0.29, 0.717) is 6.54 Å². The molecule has 0 saturated heterocycles. The predicted molar refractivity (Wildman–Crippen MR) is 57.7 cm³/mol. The van der Waals surface area contributed by atoms with Crippen molar-refractivity contribution in [1.29, 1.82) is 0 Å². The van der Waals surface area contributed by atoms with Gasteiger partial charge in [0.05, 0.1) is 0 Å². The third-order valence-electron chi connectivity index (χ3n) is 0.964. The molecule has 4 heteroatoms. The van der Waals surface area contributed by atoms with Crippen molar-refractivity contribution < 1.29 is 4.79 Å². The van der Waals surface area contributed by atoms with Crippen LogP contribution in [0.3, 0.4) is 0 Å². The Hall–Kier alpha value is -0.390. The van der Waals surface area contributed by atoms with E-state index in [1.54, 1.807) is 0 Å². The molecule has 11 heavy (non-hydrogen) atoms. The van der Waals surface area contributed by atoms with Gasteiger partial charge in [-0.3, -0.25) is 0 Å². The molecule has 0 radical (unpaired) electrons. The number of rotatable bonds is 5. The molecule has 0 unspecified atom stereocenters. The van der Waals surface area contributed by atoms with Crippen LogP contribution < -0.4 is 5.73 Å². The monoisotopic (exact) mass is 268 g/mol. The van der Waals surface area contributed by atoms with Gasteiger partial charge in [0.15, 0.2) is 0 Å². The van der Waals surface area contributed by atoms with Gasteiger partial charge in [-0.1, -0.05) is 0 Å². The number of nitrogens with two attached hydrogens (primary N) is 1. The van der Waals surface area contributed by atoms with Crippen LogP contribution >= 0.6 is 19.8 Å². The number of carbonyl (C=O) groups is 1. The summed E-state index contributed by atoms with van der Waals surface area (Å²) in [6, 6.07) is 0. The summed E-state index contributed by atoms with van der Waals surface area (Å²) in [6.07, 6.45) is 1.89. The molecule has 0 aromatic carbocycles. The second-order valence-electron chi connectivity index (χ2n) is 1.80. The molecule has 0 aliphatic heterocycles. The van der Waals surface area contributed by atoms with Crippen LogP contribution in [-0.2, 0) is 0 Å². The Balaban J connectivity index is 3.89. The summed E-state index contributed by atoms with van der Waals surface area (Å²) in [5, 5.41) is 0. The number of amides is 1. The van der Waals surface area contributed by atoms with E-state index in [1.807, 2.05) is 17.1 Å². The zero-order valence-corrected chi connectivity index (χ0v) is 8.74. The Bertz CT molecular complexity index is 168. The van der Waals surface area contributed by atoms with Crippen LogP contribution in [0.1, 0.15) is 6.92 Å². The summed E-state index contributed by atoms with van der Waals surface area (Å²) >= 11 is -1.67. The average Bonchev–Trinajstić information content (AvgIpc) is 1.97. The SMILES string of the molecule is C=NCCI(/C=C\C)C(N)=O. The van der Waals surface area contributed by atoms with Crippen LogP contribution in [0.25, 0.3) is 0 Å². The number of aliphatic imine (C=N–C) groups is 1. The molecule has 0 bridgehead atoms. The third-order valence-corrected chi connectivity index (χ3v) is 5.56. The van der Waals surface area contributed by atoms with E-state index in [9.17, 15) is 4.79 Å². The van der Waals surface area contributed by atoms with Gasteiger partial charge in [0.1, 0.15) is 0 Å². The zero-order valence-electron chi connectivity index (χ0n) is 6.59.